The maximum absolute atomic E-state index is 12.2. The molecule has 1 saturated carbocycles. The number of methoxy groups -OCH3 is 1. The van der Waals surface area contributed by atoms with Crippen molar-refractivity contribution < 1.29 is 9.53 Å². The summed E-state index contributed by atoms with van der Waals surface area (Å²) in [4.78, 5) is 16.7. The molecule has 1 heterocycles. The van der Waals surface area contributed by atoms with Gasteiger partial charge < -0.3 is 15.8 Å². The Balaban J connectivity index is 1.88. The van der Waals surface area contributed by atoms with Crippen molar-refractivity contribution in [1.82, 2.24) is 10.3 Å². The van der Waals surface area contributed by atoms with Gasteiger partial charge in [0, 0.05) is 12.5 Å². The minimum absolute atomic E-state index is 0.0105. The number of hydrogen-bond acceptors (Lipinski definition) is 5. The lowest BCUT2D eigenvalue weighted by Gasteiger charge is -2.31. The van der Waals surface area contributed by atoms with Gasteiger partial charge in [-0.1, -0.05) is 19.3 Å². The van der Waals surface area contributed by atoms with E-state index in [1.54, 1.807) is 18.4 Å². The summed E-state index contributed by atoms with van der Waals surface area (Å²) in [6.45, 7) is 2.39. The van der Waals surface area contributed by atoms with Crippen molar-refractivity contribution >= 4 is 17.2 Å². The molecule has 0 bridgehead atoms. The summed E-state index contributed by atoms with van der Waals surface area (Å²) in [6, 6.07) is 0. The van der Waals surface area contributed by atoms with Crippen molar-refractivity contribution in [1.29, 1.82) is 0 Å². The molecule has 0 radical (unpaired) electrons. The minimum atomic E-state index is -0.684. The Hall–Kier alpha value is -0.980. The third kappa shape index (κ3) is 3.56. The summed E-state index contributed by atoms with van der Waals surface area (Å²) in [5.74, 6) is -0.0495. The van der Waals surface area contributed by atoms with Crippen molar-refractivity contribution in [2.24, 2.45) is 5.73 Å². The van der Waals surface area contributed by atoms with Crippen LogP contribution in [0.2, 0.25) is 0 Å². The van der Waals surface area contributed by atoms with Crippen LogP contribution in [0.25, 0.3) is 0 Å². The van der Waals surface area contributed by atoms with Gasteiger partial charge in [-0.2, -0.15) is 0 Å². The zero-order valence-corrected chi connectivity index (χ0v) is 13.0. The summed E-state index contributed by atoms with van der Waals surface area (Å²) in [5, 5.41) is 5.80. The van der Waals surface area contributed by atoms with E-state index in [0.29, 0.717) is 6.54 Å². The number of thiazole rings is 1. The van der Waals surface area contributed by atoms with Gasteiger partial charge in [0.2, 0.25) is 5.91 Å². The number of nitrogens with zero attached hydrogens (tertiary/aromatic N) is 1. The average Bonchev–Trinajstić information content (AvgIpc) is 2.93. The first-order chi connectivity index (χ1) is 9.55. The van der Waals surface area contributed by atoms with Gasteiger partial charge in [-0.05, 0) is 19.8 Å². The second-order valence-electron chi connectivity index (χ2n) is 5.45. The molecule has 1 unspecified atom stereocenters. The third-order valence-electron chi connectivity index (χ3n) is 3.90. The van der Waals surface area contributed by atoms with Crippen LogP contribution in [0.5, 0.6) is 0 Å². The summed E-state index contributed by atoms with van der Waals surface area (Å²) >= 11 is 1.55. The molecule has 6 heteroatoms. The van der Waals surface area contributed by atoms with Gasteiger partial charge in [-0.25, -0.2) is 4.98 Å². The SMILES string of the molecule is COC(C)c1nc(CNC(=O)C2(N)CCCCC2)cs1. The van der Waals surface area contributed by atoms with E-state index < -0.39 is 5.54 Å². The number of carbonyl (C=O) groups excluding carboxylic acids is 1. The molecule has 1 fully saturated rings. The fourth-order valence-corrected chi connectivity index (χ4v) is 3.30. The van der Waals surface area contributed by atoms with E-state index in [1.807, 2.05) is 12.3 Å². The third-order valence-corrected chi connectivity index (χ3v) is 4.95. The lowest BCUT2D eigenvalue weighted by atomic mass is 9.82. The van der Waals surface area contributed by atoms with E-state index in [9.17, 15) is 4.79 Å². The Bertz CT molecular complexity index is 455. The second-order valence-corrected chi connectivity index (χ2v) is 6.34. The molecule has 1 amide bonds. The van der Waals surface area contributed by atoms with Crippen molar-refractivity contribution in [3.63, 3.8) is 0 Å². The van der Waals surface area contributed by atoms with Crippen LogP contribution in [-0.4, -0.2) is 23.5 Å². The standard InChI is InChI=1S/C14H23N3O2S/c1-10(19-2)12-17-11(9-20-12)8-16-13(18)14(15)6-4-3-5-7-14/h9-10H,3-8,15H2,1-2H3,(H,16,18). The average molecular weight is 297 g/mol. The van der Waals surface area contributed by atoms with Crippen molar-refractivity contribution in [3.8, 4) is 0 Å². The number of carbonyl (C=O) groups is 1. The monoisotopic (exact) mass is 297 g/mol. The van der Waals surface area contributed by atoms with Gasteiger partial charge in [0.05, 0.1) is 17.8 Å². The van der Waals surface area contributed by atoms with Gasteiger partial charge >= 0.3 is 0 Å². The minimum Gasteiger partial charge on any atom is -0.375 e. The molecule has 0 aliphatic heterocycles. The van der Waals surface area contributed by atoms with Crippen LogP contribution < -0.4 is 11.1 Å². The number of rotatable bonds is 5. The van der Waals surface area contributed by atoms with Crippen LogP contribution in [-0.2, 0) is 16.1 Å². The van der Waals surface area contributed by atoms with Gasteiger partial charge in [0.15, 0.2) is 0 Å². The van der Waals surface area contributed by atoms with Crippen molar-refractivity contribution in [3.05, 3.63) is 16.1 Å². The maximum atomic E-state index is 12.2. The number of amides is 1. The van der Waals surface area contributed by atoms with Gasteiger partial charge in [-0.15, -0.1) is 11.3 Å². The molecule has 0 saturated heterocycles. The fourth-order valence-electron chi connectivity index (χ4n) is 2.45. The molecule has 2 rings (SSSR count). The predicted molar refractivity (Wildman–Crippen MR) is 79.4 cm³/mol. The molecule has 3 N–H and O–H groups in total. The first-order valence-electron chi connectivity index (χ1n) is 7.09. The molecule has 112 valence electrons. The quantitative estimate of drug-likeness (QED) is 0.873. The van der Waals surface area contributed by atoms with E-state index in [-0.39, 0.29) is 12.0 Å². The molecule has 0 aromatic carbocycles. The number of aromatic nitrogens is 1. The molecular formula is C14H23N3O2S. The van der Waals surface area contributed by atoms with Crippen molar-refractivity contribution in [2.45, 2.75) is 57.2 Å². The highest BCUT2D eigenvalue weighted by Gasteiger charge is 2.34. The van der Waals surface area contributed by atoms with Crippen LogP contribution in [0.1, 0.15) is 55.8 Å². The number of nitrogens with one attached hydrogen (secondary N) is 1. The molecular weight excluding hydrogens is 274 g/mol. The lowest BCUT2D eigenvalue weighted by molar-refractivity contribution is -0.127. The van der Waals surface area contributed by atoms with E-state index in [2.05, 4.69) is 10.3 Å². The maximum Gasteiger partial charge on any atom is 0.240 e. The molecule has 1 aliphatic rings. The molecule has 1 aromatic rings. The molecule has 1 atom stereocenters. The number of nitrogens with two attached hydrogens (primary N) is 1. The zero-order valence-electron chi connectivity index (χ0n) is 12.1. The predicted octanol–water partition coefficient (Wildman–Crippen LogP) is 2.13. The Morgan fingerprint density at radius 1 is 1.55 bits per heavy atom. The normalized spacial score (nSPS) is 19.6. The van der Waals surface area contributed by atoms with Crippen LogP contribution in [0.15, 0.2) is 5.38 Å². The largest absolute Gasteiger partial charge is 0.375 e. The highest BCUT2D eigenvalue weighted by molar-refractivity contribution is 7.09. The Morgan fingerprint density at radius 2 is 2.25 bits per heavy atom. The van der Waals surface area contributed by atoms with Crippen LogP contribution >= 0.6 is 11.3 Å². The van der Waals surface area contributed by atoms with Gasteiger partial charge in [0.1, 0.15) is 11.1 Å². The smallest absolute Gasteiger partial charge is 0.240 e. The topological polar surface area (TPSA) is 77.2 Å². The Morgan fingerprint density at radius 3 is 2.90 bits per heavy atom. The molecule has 1 aromatic heterocycles. The van der Waals surface area contributed by atoms with Crippen molar-refractivity contribution in [2.75, 3.05) is 7.11 Å². The van der Waals surface area contributed by atoms with Crippen LogP contribution in [0, 0.1) is 0 Å². The first kappa shape index (κ1) is 15.4. The molecule has 0 spiro atoms. The molecule has 1 aliphatic carbocycles. The first-order valence-corrected chi connectivity index (χ1v) is 7.97. The lowest BCUT2D eigenvalue weighted by Crippen LogP contribution is -2.54. The fraction of sp³-hybridized carbons (Fsp3) is 0.714. The van der Waals surface area contributed by atoms with E-state index in [0.717, 1.165) is 36.4 Å². The van der Waals surface area contributed by atoms with E-state index in [1.165, 1.54) is 6.42 Å². The molecule has 5 nitrogen and oxygen atoms in total. The molecule has 20 heavy (non-hydrogen) atoms. The highest BCUT2D eigenvalue weighted by atomic mass is 32.1. The Kier molecular flexibility index (Phi) is 5.12. The van der Waals surface area contributed by atoms with Crippen LogP contribution in [0.3, 0.4) is 0 Å². The van der Waals surface area contributed by atoms with Crippen LogP contribution in [0.4, 0.5) is 0 Å². The summed E-state index contributed by atoms with van der Waals surface area (Å²) < 4.78 is 5.23. The highest BCUT2D eigenvalue weighted by Crippen LogP contribution is 2.26. The van der Waals surface area contributed by atoms with Gasteiger partial charge in [-0.3, -0.25) is 4.79 Å². The number of hydrogen-bond donors (Lipinski definition) is 2. The summed E-state index contributed by atoms with van der Waals surface area (Å²) in [7, 11) is 1.66. The number of ether oxygens (including phenoxy) is 1. The zero-order chi connectivity index (χ0) is 14.6. The van der Waals surface area contributed by atoms with E-state index in [4.69, 9.17) is 10.5 Å². The Labute approximate surface area is 123 Å². The van der Waals surface area contributed by atoms with E-state index >= 15 is 0 Å². The summed E-state index contributed by atoms with van der Waals surface area (Å²) in [5.41, 5.74) is 6.37. The second kappa shape index (κ2) is 6.65. The van der Waals surface area contributed by atoms with Gasteiger partial charge in [0.25, 0.3) is 0 Å². The summed E-state index contributed by atoms with van der Waals surface area (Å²) in [6.07, 6.45) is 4.80.